The molecule has 0 spiro atoms. The van der Waals surface area contributed by atoms with Gasteiger partial charge in [-0.15, -0.1) is 63.1 Å². The van der Waals surface area contributed by atoms with Gasteiger partial charge in [-0.25, -0.2) is 0 Å². The Hall–Kier alpha value is 8.30. The fourth-order valence-electron chi connectivity index (χ4n) is 13.1. The molecule has 0 unspecified atom stereocenters. The van der Waals surface area contributed by atoms with E-state index in [4.69, 9.17) is 46.4 Å². The Morgan fingerprint density at radius 2 is 0.643 bits per heavy atom. The van der Waals surface area contributed by atoms with E-state index in [1.807, 2.05) is 30.3 Å². The van der Waals surface area contributed by atoms with Gasteiger partial charge in [-0.1, -0.05) is 190 Å². The first-order chi connectivity index (χ1) is 43.5. The number of benzene rings is 9. The first-order valence-corrected chi connectivity index (χ1v) is 33.9. The number of rotatable bonds is 14. The van der Waals surface area contributed by atoms with Crippen LogP contribution in [-0.2, 0) is 32.1 Å². The minimum atomic E-state index is -0.428. The van der Waals surface area contributed by atoms with Crippen LogP contribution in [0.3, 0.4) is 0 Å². The fraction of sp³-hybridized carbons (Fsp3) is 0.341. The molecule has 0 aromatic heterocycles. The van der Waals surface area contributed by atoms with E-state index in [1.54, 1.807) is 42.5 Å². The van der Waals surface area contributed by atoms with E-state index in [0.29, 0.717) is 29.5 Å². The molecule has 0 amide bonds. The molecule has 478 valence electrons. The summed E-state index contributed by atoms with van der Waals surface area (Å²) in [5, 5.41) is 0.314. The number of aryl methyl sites for hydroxylation is 7. The molecule has 3 fully saturated rings. The van der Waals surface area contributed by atoms with E-state index in [-0.39, 0.29) is 509 Å². The molecule has 98 heavy (non-hydrogen) atoms. The quantitative estimate of drug-likeness (QED) is 0.115. The summed E-state index contributed by atoms with van der Waals surface area (Å²) in [5.74, 6) is 3.92. The van der Waals surface area contributed by atoms with Gasteiger partial charge in [0.05, 0.1) is 0 Å². The van der Waals surface area contributed by atoms with Gasteiger partial charge in [-0.2, -0.15) is 72.8 Å². The van der Waals surface area contributed by atoms with Crippen molar-refractivity contribution in [1.82, 2.24) is 0 Å². The van der Waals surface area contributed by atoms with Gasteiger partial charge in [-0.3, -0.25) is 17.6 Å². The molecule has 9 aromatic rings. The van der Waals surface area contributed by atoms with Crippen molar-refractivity contribution >= 4 is 46.4 Å². The average molecular weight is 1970 g/mol. The molecule has 3 aliphatic rings. The third-order valence-corrected chi connectivity index (χ3v) is 20.1. The van der Waals surface area contributed by atoms with Crippen molar-refractivity contribution in [3.8, 4) is 33.4 Å². The largest absolute Gasteiger partial charge is 1.00 e. The smallest absolute Gasteiger partial charge is 1.00 e. The summed E-state index contributed by atoms with van der Waals surface area (Å²) in [7, 11) is 0. The maximum absolute atomic E-state index is 14.0. The fourth-order valence-corrected chi connectivity index (χ4v) is 13.8. The van der Waals surface area contributed by atoms with Gasteiger partial charge in [0.1, 0.15) is 0 Å². The third-order valence-electron chi connectivity index (χ3n) is 19.0. The molecule has 3 aliphatic carbocycles. The van der Waals surface area contributed by atoms with Crippen LogP contribution in [0, 0.1) is 91.0 Å². The van der Waals surface area contributed by atoms with Crippen LogP contribution in [0.4, 0.5) is 17.6 Å². The molecule has 0 atom stereocenters. The molecule has 16 heteroatoms. The molecule has 3 saturated carbocycles. The van der Waals surface area contributed by atoms with Gasteiger partial charge in [0, 0.05) is 23.3 Å². The molecule has 0 radical (unpaired) electrons. The molecule has 0 nitrogen and oxygen atoms in total. The van der Waals surface area contributed by atoms with Crippen LogP contribution in [0.25, 0.3) is 33.4 Å². The summed E-state index contributed by atoms with van der Waals surface area (Å²) in [6.45, 7) is 8.90. The monoisotopic (exact) mass is 1970 g/mol. The first-order valence-electron chi connectivity index (χ1n) is 32.4. The van der Waals surface area contributed by atoms with E-state index in [9.17, 15) is 17.6 Å². The Balaban J connectivity index is -0.000000604. The maximum atomic E-state index is 14.0. The van der Waals surface area contributed by atoms with Crippen molar-refractivity contribution in [2.24, 2.45) is 29.6 Å². The standard InChI is InChI=1S/C21H29ClF.C21H23ClF.C21H17ClF.C19H13ClF.8Rb.4H/c3*1-15-5-10-17(11-6-15)18-12-7-16(8-13-18)9-14-19-3-2-4-20(22)21(19)23;1-13-5-7-14(8-6-13)15-9-11-16(12-10-15)17-3-2-4-18(20)19(17)21;;;;;;;;;;;;/h2-3,15-18H,5-14H2,1H3;2-3,7-8,12-13,15,17H,5-6,9-11,14H2,1H3;2-3,5-8,10-13H,9,14H2,1H3;2-3,5-12H,1H3;;;;;;;;;;;;/q4*-1;8*+1;4*-1. The van der Waals surface area contributed by atoms with Gasteiger partial charge >= 0.3 is 465 Å². The van der Waals surface area contributed by atoms with Gasteiger partial charge in [0.2, 0.25) is 0 Å². The summed E-state index contributed by atoms with van der Waals surface area (Å²) in [4.78, 5) is 0. The summed E-state index contributed by atoms with van der Waals surface area (Å²) < 4.78 is 55.7. The number of hydrogen-bond donors (Lipinski definition) is 0. The Morgan fingerprint density at radius 3 is 1.04 bits per heavy atom. The second-order valence-electron chi connectivity index (χ2n) is 25.5. The van der Waals surface area contributed by atoms with E-state index in [1.165, 1.54) is 116 Å². The SMILES string of the molecule is CC1CCC(C2CCC(CCc3cc[c-]c(Cl)c3F)CC2)CC1.CC1CCC(c2ccc(CCc3cc[c-]c(Cl)c3F)cc2)CC1.Cc1ccc(-c2ccc(-c3cc[c-]c(Cl)c3F)cc2)cc1.Cc1ccc(-c2ccc(CCc3cc[c-]c(Cl)c3F)cc2)cc1.[H-].[H-].[H-].[H-].[Rb+].[Rb+].[Rb+].[Rb+].[Rb+].[Rb+].[Rb+].[Rb+]. The molecular weight excluding hydrogens is 1890 g/mol. The normalized spacial score (nSPS) is 17.3. The minimum absolute atomic E-state index is 0. The van der Waals surface area contributed by atoms with Crippen LogP contribution in [0.2, 0.25) is 20.1 Å². The summed E-state index contributed by atoms with van der Waals surface area (Å²) in [6, 6.07) is 66.4. The molecular formula is C82H86Cl4F4Rb8. The first kappa shape index (κ1) is 104. The van der Waals surface area contributed by atoms with E-state index in [0.717, 1.165) is 83.4 Å². The minimum Gasteiger partial charge on any atom is -1.00 e. The second-order valence-corrected chi connectivity index (χ2v) is 27.0. The van der Waals surface area contributed by atoms with Crippen molar-refractivity contribution in [3.63, 3.8) is 0 Å². The van der Waals surface area contributed by atoms with E-state index >= 15 is 0 Å². The van der Waals surface area contributed by atoms with Crippen molar-refractivity contribution in [2.75, 3.05) is 0 Å². The van der Waals surface area contributed by atoms with Gasteiger partial charge in [-0.05, 0) is 191 Å². The van der Waals surface area contributed by atoms with Crippen LogP contribution in [-0.4, -0.2) is 0 Å². The van der Waals surface area contributed by atoms with Crippen molar-refractivity contribution in [1.29, 1.82) is 0 Å². The second kappa shape index (κ2) is 56.6. The Morgan fingerprint density at radius 1 is 0.337 bits per heavy atom. The number of halogens is 8. The van der Waals surface area contributed by atoms with E-state index in [2.05, 4.69) is 149 Å². The third kappa shape index (κ3) is 34.6. The zero-order chi connectivity index (χ0) is 63.5. The summed E-state index contributed by atoms with van der Waals surface area (Å²) in [5.41, 5.74) is 14.4. The summed E-state index contributed by atoms with van der Waals surface area (Å²) in [6.07, 6.45) is 21.4. The van der Waals surface area contributed by atoms with Gasteiger partial charge in [0.15, 0.2) is 0 Å². The van der Waals surface area contributed by atoms with Crippen LogP contribution in [0.5, 0.6) is 0 Å². The van der Waals surface area contributed by atoms with Gasteiger partial charge < -0.3 is 5.71 Å². The van der Waals surface area contributed by atoms with E-state index < -0.39 is 5.82 Å². The zero-order valence-corrected chi connectivity index (χ0v) is 103. The molecule has 0 heterocycles. The molecule has 0 aliphatic heterocycles. The Kier molecular flexibility index (Phi) is 60.2. The summed E-state index contributed by atoms with van der Waals surface area (Å²) >= 11 is 23.1. The molecule has 0 N–H and O–H groups in total. The van der Waals surface area contributed by atoms with Crippen LogP contribution in [0.15, 0.2) is 170 Å². The van der Waals surface area contributed by atoms with Gasteiger partial charge in [0.25, 0.3) is 0 Å². The maximum Gasteiger partial charge on any atom is 1.00 e. The predicted molar refractivity (Wildman–Crippen MR) is 374 cm³/mol. The molecule has 0 saturated heterocycles. The molecule has 9 aromatic carbocycles. The average Bonchev–Trinajstić information content (AvgIpc) is 0.825. The van der Waals surface area contributed by atoms with Crippen molar-refractivity contribution < 1.29 is 489 Å². The molecule has 12 rings (SSSR count). The molecule has 0 bridgehead atoms. The van der Waals surface area contributed by atoms with Crippen LogP contribution in [0.1, 0.15) is 153 Å². The van der Waals surface area contributed by atoms with Crippen molar-refractivity contribution in [2.45, 2.75) is 149 Å². The van der Waals surface area contributed by atoms with Crippen LogP contribution >= 0.6 is 46.4 Å². The van der Waals surface area contributed by atoms with Crippen molar-refractivity contribution in [3.05, 3.63) is 282 Å². The Bertz CT molecular complexity index is 3710. The zero-order valence-electron chi connectivity index (χ0n) is 64.4. The predicted octanol–water partition coefficient (Wildman–Crippen LogP) is 1.65. The Labute approximate surface area is 1000 Å². The number of hydrogen-bond acceptors (Lipinski definition) is 0. The topological polar surface area (TPSA) is 0 Å². The van der Waals surface area contributed by atoms with Crippen LogP contribution < -0.4 is 465 Å².